The summed E-state index contributed by atoms with van der Waals surface area (Å²) in [5, 5.41) is 10.4. The van der Waals surface area contributed by atoms with Crippen LogP contribution in [0.1, 0.15) is 25.5 Å². The summed E-state index contributed by atoms with van der Waals surface area (Å²) in [6, 6.07) is 6.42. The number of hydrogen-bond acceptors (Lipinski definition) is 3. The number of hydrogen-bond donors (Lipinski definition) is 0. The summed E-state index contributed by atoms with van der Waals surface area (Å²) in [6.07, 6.45) is -0.0131. The zero-order valence-electron chi connectivity index (χ0n) is 8.27. The normalized spacial score (nSPS) is 12.4. The lowest BCUT2D eigenvalue weighted by Crippen LogP contribution is -1.99. The summed E-state index contributed by atoms with van der Waals surface area (Å²) in [5.74, 6) is 0. The van der Waals surface area contributed by atoms with Gasteiger partial charge in [-0.2, -0.15) is 0 Å². The summed E-state index contributed by atoms with van der Waals surface area (Å²) in [7, 11) is 0. The van der Waals surface area contributed by atoms with Gasteiger partial charge < -0.3 is 4.74 Å². The molecule has 4 nitrogen and oxygen atoms in total. The highest BCUT2D eigenvalue weighted by atomic mass is 16.6. The molecule has 0 N–H and O–H groups in total. The van der Waals surface area contributed by atoms with E-state index in [0.717, 1.165) is 5.56 Å². The Labute approximate surface area is 82.7 Å². The van der Waals surface area contributed by atoms with E-state index in [2.05, 4.69) is 0 Å². The number of rotatable bonds is 4. The van der Waals surface area contributed by atoms with Crippen molar-refractivity contribution in [3.63, 3.8) is 0 Å². The molecule has 0 aliphatic heterocycles. The molecule has 1 aromatic carbocycles. The first-order chi connectivity index (χ1) is 6.65. The fraction of sp³-hybridized carbons (Fsp3) is 0.400. The van der Waals surface area contributed by atoms with Gasteiger partial charge in [0.1, 0.15) is 0 Å². The fourth-order valence-corrected chi connectivity index (χ4v) is 1.21. The van der Waals surface area contributed by atoms with E-state index in [1.807, 2.05) is 13.8 Å². The second-order valence-corrected chi connectivity index (χ2v) is 2.95. The van der Waals surface area contributed by atoms with Crippen LogP contribution >= 0.6 is 0 Å². The average molecular weight is 195 g/mol. The molecule has 0 fully saturated rings. The quantitative estimate of drug-likeness (QED) is 0.548. The monoisotopic (exact) mass is 195 g/mol. The molecule has 0 aliphatic rings. The van der Waals surface area contributed by atoms with Gasteiger partial charge in [0.15, 0.2) is 0 Å². The van der Waals surface area contributed by atoms with Crippen molar-refractivity contribution in [2.24, 2.45) is 0 Å². The standard InChI is InChI=1S/C10H13NO3/c1-3-14-8(2)9-4-6-10(7-5-9)11(12)13/h4-8H,3H2,1-2H3. The van der Waals surface area contributed by atoms with E-state index < -0.39 is 4.92 Å². The Balaban J connectivity index is 2.77. The summed E-state index contributed by atoms with van der Waals surface area (Å²) >= 11 is 0. The van der Waals surface area contributed by atoms with E-state index in [1.54, 1.807) is 12.1 Å². The molecular weight excluding hydrogens is 182 g/mol. The molecule has 0 heterocycles. The highest BCUT2D eigenvalue weighted by Gasteiger charge is 2.08. The van der Waals surface area contributed by atoms with Crippen LogP contribution in [0.5, 0.6) is 0 Å². The highest BCUT2D eigenvalue weighted by Crippen LogP contribution is 2.19. The first kappa shape index (κ1) is 10.7. The lowest BCUT2D eigenvalue weighted by Gasteiger charge is -2.10. The predicted octanol–water partition coefficient (Wildman–Crippen LogP) is 2.69. The minimum atomic E-state index is -0.408. The highest BCUT2D eigenvalue weighted by molar-refractivity contribution is 5.33. The van der Waals surface area contributed by atoms with Crippen LogP contribution in [0.15, 0.2) is 24.3 Å². The molecule has 1 atom stereocenters. The van der Waals surface area contributed by atoms with Gasteiger partial charge in [-0.1, -0.05) is 0 Å². The van der Waals surface area contributed by atoms with Crippen LogP contribution in [-0.2, 0) is 4.74 Å². The molecule has 1 rings (SSSR count). The molecule has 0 radical (unpaired) electrons. The van der Waals surface area contributed by atoms with Gasteiger partial charge in [0.2, 0.25) is 0 Å². The van der Waals surface area contributed by atoms with E-state index in [-0.39, 0.29) is 11.8 Å². The Morgan fingerprint density at radius 2 is 2.00 bits per heavy atom. The van der Waals surface area contributed by atoms with Crippen LogP contribution in [0.25, 0.3) is 0 Å². The maximum absolute atomic E-state index is 10.4. The van der Waals surface area contributed by atoms with Crippen molar-refractivity contribution in [1.82, 2.24) is 0 Å². The maximum atomic E-state index is 10.4. The van der Waals surface area contributed by atoms with Gasteiger partial charge in [-0.15, -0.1) is 0 Å². The number of nitro groups is 1. The summed E-state index contributed by atoms with van der Waals surface area (Å²) in [6.45, 7) is 4.48. The molecular formula is C10H13NO3. The number of ether oxygens (including phenoxy) is 1. The molecule has 4 heteroatoms. The second kappa shape index (κ2) is 4.72. The Kier molecular flexibility index (Phi) is 3.59. The van der Waals surface area contributed by atoms with Crippen molar-refractivity contribution in [2.45, 2.75) is 20.0 Å². The third-order valence-electron chi connectivity index (χ3n) is 1.99. The van der Waals surface area contributed by atoms with Crippen LogP contribution in [0, 0.1) is 10.1 Å². The molecule has 0 bridgehead atoms. The van der Waals surface area contributed by atoms with Crippen LogP contribution in [0.3, 0.4) is 0 Å². The van der Waals surface area contributed by atoms with Crippen molar-refractivity contribution >= 4 is 5.69 Å². The summed E-state index contributed by atoms with van der Waals surface area (Å²) in [5.41, 5.74) is 1.06. The molecule has 0 amide bonds. The van der Waals surface area contributed by atoms with Crippen molar-refractivity contribution in [3.8, 4) is 0 Å². The molecule has 76 valence electrons. The molecule has 0 spiro atoms. The van der Waals surface area contributed by atoms with Crippen molar-refractivity contribution in [2.75, 3.05) is 6.61 Å². The van der Waals surface area contributed by atoms with Gasteiger partial charge in [0.25, 0.3) is 5.69 Å². The number of nitro benzene ring substituents is 1. The van der Waals surface area contributed by atoms with Gasteiger partial charge in [-0.3, -0.25) is 10.1 Å². The van der Waals surface area contributed by atoms with E-state index in [0.29, 0.717) is 6.61 Å². The lowest BCUT2D eigenvalue weighted by atomic mass is 10.1. The van der Waals surface area contributed by atoms with Gasteiger partial charge in [-0.05, 0) is 31.5 Å². The van der Waals surface area contributed by atoms with E-state index in [9.17, 15) is 10.1 Å². The third-order valence-corrected chi connectivity index (χ3v) is 1.99. The molecule has 0 aliphatic carbocycles. The van der Waals surface area contributed by atoms with E-state index >= 15 is 0 Å². The Morgan fingerprint density at radius 3 is 2.43 bits per heavy atom. The first-order valence-corrected chi connectivity index (χ1v) is 4.51. The zero-order valence-corrected chi connectivity index (χ0v) is 8.27. The second-order valence-electron chi connectivity index (χ2n) is 2.95. The molecule has 1 aromatic rings. The number of benzene rings is 1. The lowest BCUT2D eigenvalue weighted by molar-refractivity contribution is -0.384. The predicted molar refractivity (Wildman–Crippen MR) is 53.1 cm³/mol. The molecule has 0 aromatic heterocycles. The topological polar surface area (TPSA) is 52.4 Å². The minimum absolute atomic E-state index is 0.0131. The van der Waals surface area contributed by atoms with Crippen LogP contribution in [-0.4, -0.2) is 11.5 Å². The largest absolute Gasteiger partial charge is 0.374 e. The van der Waals surface area contributed by atoms with Gasteiger partial charge >= 0.3 is 0 Å². The number of non-ortho nitro benzene ring substituents is 1. The third kappa shape index (κ3) is 2.53. The number of nitrogens with zero attached hydrogens (tertiary/aromatic N) is 1. The maximum Gasteiger partial charge on any atom is 0.269 e. The first-order valence-electron chi connectivity index (χ1n) is 4.51. The van der Waals surface area contributed by atoms with Crippen molar-refractivity contribution < 1.29 is 9.66 Å². The van der Waals surface area contributed by atoms with E-state index in [4.69, 9.17) is 4.74 Å². The van der Waals surface area contributed by atoms with Crippen molar-refractivity contribution in [3.05, 3.63) is 39.9 Å². The van der Waals surface area contributed by atoms with Crippen LogP contribution < -0.4 is 0 Å². The Morgan fingerprint density at radius 1 is 1.43 bits per heavy atom. The Hall–Kier alpha value is -1.42. The smallest absolute Gasteiger partial charge is 0.269 e. The van der Waals surface area contributed by atoms with E-state index in [1.165, 1.54) is 12.1 Å². The summed E-state index contributed by atoms with van der Waals surface area (Å²) < 4.78 is 5.36. The summed E-state index contributed by atoms with van der Waals surface area (Å²) in [4.78, 5) is 9.97. The van der Waals surface area contributed by atoms with Gasteiger partial charge in [0.05, 0.1) is 11.0 Å². The Bertz CT molecular complexity index is 308. The van der Waals surface area contributed by atoms with Gasteiger partial charge in [-0.25, -0.2) is 0 Å². The molecule has 1 unspecified atom stereocenters. The SMILES string of the molecule is CCOC(C)c1ccc([N+](=O)[O-])cc1. The molecule has 0 saturated carbocycles. The van der Waals surface area contributed by atoms with Gasteiger partial charge in [0, 0.05) is 18.7 Å². The van der Waals surface area contributed by atoms with Crippen molar-refractivity contribution in [1.29, 1.82) is 0 Å². The van der Waals surface area contributed by atoms with Crippen LogP contribution in [0.2, 0.25) is 0 Å². The minimum Gasteiger partial charge on any atom is -0.374 e. The molecule has 14 heavy (non-hydrogen) atoms. The average Bonchev–Trinajstić information content (AvgIpc) is 2.18. The molecule has 0 saturated heterocycles. The zero-order chi connectivity index (χ0) is 10.6. The fourth-order valence-electron chi connectivity index (χ4n) is 1.21. The van der Waals surface area contributed by atoms with Crippen LogP contribution in [0.4, 0.5) is 5.69 Å².